The van der Waals surface area contributed by atoms with Gasteiger partial charge in [0.15, 0.2) is 5.96 Å². The molecule has 2 heterocycles. The van der Waals surface area contributed by atoms with E-state index in [4.69, 9.17) is 0 Å². The second kappa shape index (κ2) is 6.94. The van der Waals surface area contributed by atoms with Crippen molar-refractivity contribution in [2.24, 2.45) is 16.8 Å². The molecule has 106 valence electrons. The number of thiophene rings is 1. The molecule has 1 aliphatic rings. The molecule has 1 unspecified atom stereocenters. The Morgan fingerprint density at radius 3 is 3.05 bits per heavy atom. The molecule has 1 aliphatic heterocycles. The van der Waals surface area contributed by atoms with E-state index in [1.54, 1.807) is 11.3 Å². The SMILES string of the molecule is CN=C(NCc1cccs1)N1CCC(CC(C)C)C1. The largest absolute Gasteiger partial charge is 0.351 e. The highest BCUT2D eigenvalue weighted by Gasteiger charge is 2.25. The predicted molar refractivity (Wildman–Crippen MR) is 83.7 cm³/mol. The number of guanidine groups is 1. The van der Waals surface area contributed by atoms with Crippen LogP contribution in [-0.4, -0.2) is 31.0 Å². The van der Waals surface area contributed by atoms with Gasteiger partial charge in [0.05, 0.1) is 6.54 Å². The monoisotopic (exact) mass is 279 g/mol. The molecule has 0 amide bonds. The molecular weight excluding hydrogens is 254 g/mol. The van der Waals surface area contributed by atoms with Crippen molar-refractivity contribution in [3.63, 3.8) is 0 Å². The Morgan fingerprint density at radius 1 is 1.58 bits per heavy atom. The van der Waals surface area contributed by atoms with E-state index in [0.717, 1.165) is 37.4 Å². The molecule has 0 bridgehead atoms. The first-order valence-corrected chi connectivity index (χ1v) is 8.05. The molecule has 0 aromatic carbocycles. The topological polar surface area (TPSA) is 27.6 Å². The van der Waals surface area contributed by atoms with Crippen LogP contribution in [0, 0.1) is 11.8 Å². The summed E-state index contributed by atoms with van der Waals surface area (Å²) in [5.74, 6) is 2.69. The number of likely N-dealkylation sites (tertiary alicyclic amines) is 1. The summed E-state index contributed by atoms with van der Waals surface area (Å²) >= 11 is 1.79. The van der Waals surface area contributed by atoms with Gasteiger partial charge in [0.1, 0.15) is 0 Å². The Bertz CT molecular complexity index is 398. The van der Waals surface area contributed by atoms with Crippen LogP contribution in [-0.2, 0) is 6.54 Å². The van der Waals surface area contributed by atoms with Gasteiger partial charge in [0.2, 0.25) is 0 Å². The highest BCUT2D eigenvalue weighted by atomic mass is 32.1. The first kappa shape index (κ1) is 14.4. The molecular formula is C15H25N3S. The molecule has 4 heteroatoms. The van der Waals surface area contributed by atoms with Crippen molar-refractivity contribution < 1.29 is 0 Å². The van der Waals surface area contributed by atoms with E-state index >= 15 is 0 Å². The standard InChI is InChI=1S/C15H25N3S/c1-12(2)9-13-6-7-18(11-13)15(16-3)17-10-14-5-4-8-19-14/h4-5,8,12-13H,6-7,9-11H2,1-3H3,(H,16,17). The molecule has 0 spiro atoms. The molecule has 1 N–H and O–H groups in total. The highest BCUT2D eigenvalue weighted by Crippen LogP contribution is 2.23. The van der Waals surface area contributed by atoms with Gasteiger partial charge in [-0.1, -0.05) is 19.9 Å². The lowest BCUT2D eigenvalue weighted by Gasteiger charge is -2.21. The summed E-state index contributed by atoms with van der Waals surface area (Å²) in [7, 11) is 1.88. The normalized spacial score (nSPS) is 20.3. The zero-order chi connectivity index (χ0) is 13.7. The molecule has 1 atom stereocenters. The molecule has 0 saturated carbocycles. The van der Waals surface area contributed by atoms with Crippen LogP contribution in [0.2, 0.25) is 0 Å². The molecule has 0 radical (unpaired) electrons. The van der Waals surface area contributed by atoms with Crippen LogP contribution in [0.5, 0.6) is 0 Å². The van der Waals surface area contributed by atoms with Gasteiger partial charge in [-0.05, 0) is 36.1 Å². The lowest BCUT2D eigenvalue weighted by atomic mass is 9.97. The average molecular weight is 279 g/mol. The first-order chi connectivity index (χ1) is 9.19. The van der Waals surface area contributed by atoms with Crippen LogP contribution in [0.25, 0.3) is 0 Å². The summed E-state index contributed by atoms with van der Waals surface area (Å²) in [6.07, 6.45) is 2.64. The van der Waals surface area contributed by atoms with Crippen LogP contribution < -0.4 is 5.32 Å². The number of nitrogens with one attached hydrogen (secondary N) is 1. The van der Waals surface area contributed by atoms with Gasteiger partial charge in [-0.3, -0.25) is 4.99 Å². The third-order valence-corrected chi connectivity index (χ3v) is 4.48. The summed E-state index contributed by atoms with van der Waals surface area (Å²) in [6.45, 7) is 7.80. The van der Waals surface area contributed by atoms with E-state index in [1.807, 2.05) is 7.05 Å². The van der Waals surface area contributed by atoms with E-state index < -0.39 is 0 Å². The van der Waals surface area contributed by atoms with Crippen molar-refractivity contribution in [2.75, 3.05) is 20.1 Å². The summed E-state index contributed by atoms with van der Waals surface area (Å²) in [5, 5.41) is 5.59. The number of rotatable bonds is 4. The number of aliphatic imine (C=N–C) groups is 1. The fourth-order valence-corrected chi connectivity index (χ4v) is 3.44. The van der Waals surface area contributed by atoms with Crippen LogP contribution in [0.1, 0.15) is 31.6 Å². The Morgan fingerprint density at radius 2 is 2.42 bits per heavy atom. The van der Waals surface area contributed by atoms with E-state index in [0.29, 0.717) is 0 Å². The average Bonchev–Trinajstić information content (AvgIpc) is 3.01. The first-order valence-electron chi connectivity index (χ1n) is 7.17. The maximum atomic E-state index is 4.42. The van der Waals surface area contributed by atoms with Crippen molar-refractivity contribution in [3.8, 4) is 0 Å². The number of hydrogen-bond acceptors (Lipinski definition) is 2. The minimum Gasteiger partial charge on any atom is -0.351 e. The van der Waals surface area contributed by atoms with E-state index in [1.165, 1.54) is 17.7 Å². The van der Waals surface area contributed by atoms with Gasteiger partial charge < -0.3 is 10.2 Å². The van der Waals surface area contributed by atoms with Crippen molar-refractivity contribution in [2.45, 2.75) is 33.2 Å². The van der Waals surface area contributed by atoms with Crippen LogP contribution in [0.3, 0.4) is 0 Å². The number of nitrogens with zero attached hydrogens (tertiary/aromatic N) is 2. The second-order valence-corrected chi connectivity index (χ2v) is 6.74. The molecule has 1 aromatic heterocycles. The van der Waals surface area contributed by atoms with Gasteiger partial charge in [-0.2, -0.15) is 0 Å². The van der Waals surface area contributed by atoms with Gasteiger partial charge in [0.25, 0.3) is 0 Å². The van der Waals surface area contributed by atoms with Gasteiger partial charge in [-0.25, -0.2) is 0 Å². The molecule has 3 nitrogen and oxygen atoms in total. The van der Waals surface area contributed by atoms with Gasteiger partial charge >= 0.3 is 0 Å². The van der Waals surface area contributed by atoms with Crippen molar-refractivity contribution >= 4 is 17.3 Å². The molecule has 0 aliphatic carbocycles. The fourth-order valence-electron chi connectivity index (χ4n) is 2.80. The molecule has 2 rings (SSSR count). The minimum absolute atomic E-state index is 0.797. The van der Waals surface area contributed by atoms with Gasteiger partial charge in [0, 0.05) is 25.0 Å². The van der Waals surface area contributed by atoms with Crippen LogP contribution >= 0.6 is 11.3 Å². The lowest BCUT2D eigenvalue weighted by molar-refractivity contribution is 0.403. The Balaban J connectivity index is 1.82. The Hall–Kier alpha value is -1.03. The van der Waals surface area contributed by atoms with Crippen molar-refractivity contribution in [1.82, 2.24) is 10.2 Å². The molecule has 19 heavy (non-hydrogen) atoms. The second-order valence-electron chi connectivity index (χ2n) is 5.71. The summed E-state index contributed by atoms with van der Waals surface area (Å²) in [5.41, 5.74) is 0. The third-order valence-electron chi connectivity index (χ3n) is 3.60. The summed E-state index contributed by atoms with van der Waals surface area (Å²) in [4.78, 5) is 8.18. The van der Waals surface area contributed by atoms with Crippen molar-refractivity contribution in [3.05, 3.63) is 22.4 Å². The maximum Gasteiger partial charge on any atom is 0.193 e. The molecule has 1 aromatic rings. The quantitative estimate of drug-likeness (QED) is 0.677. The minimum atomic E-state index is 0.797. The Labute approximate surface area is 120 Å². The van der Waals surface area contributed by atoms with Crippen LogP contribution in [0.15, 0.2) is 22.5 Å². The predicted octanol–water partition coefficient (Wildman–Crippen LogP) is 3.19. The van der Waals surface area contributed by atoms with E-state index in [-0.39, 0.29) is 0 Å². The summed E-state index contributed by atoms with van der Waals surface area (Å²) < 4.78 is 0. The highest BCUT2D eigenvalue weighted by molar-refractivity contribution is 7.09. The molecule has 1 saturated heterocycles. The number of hydrogen-bond donors (Lipinski definition) is 1. The maximum absolute atomic E-state index is 4.42. The molecule has 1 fully saturated rings. The fraction of sp³-hybridized carbons (Fsp3) is 0.667. The van der Waals surface area contributed by atoms with Crippen molar-refractivity contribution in [1.29, 1.82) is 0 Å². The third kappa shape index (κ3) is 4.23. The zero-order valence-corrected chi connectivity index (χ0v) is 13.0. The summed E-state index contributed by atoms with van der Waals surface area (Å²) in [6, 6.07) is 4.26. The lowest BCUT2D eigenvalue weighted by Crippen LogP contribution is -2.39. The van der Waals surface area contributed by atoms with E-state index in [2.05, 4.69) is 46.6 Å². The Kier molecular flexibility index (Phi) is 5.25. The zero-order valence-electron chi connectivity index (χ0n) is 12.2. The van der Waals surface area contributed by atoms with Gasteiger partial charge in [-0.15, -0.1) is 11.3 Å². The van der Waals surface area contributed by atoms with Crippen LogP contribution in [0.4, 0.5) is 0 Å². The van der Waals surface area contributed by atoms with E-state index in [9.17, 15) is 0 Å². The smallest absolute Gasteiger partial charge is 0.193 e.